The fourth-order valence-electron chi connectivity index (χ4n) is 7.17. The molecule has 51 heavy (non-hydrogen) atoms. The van der Waals surface area contributed by atoms with Gasteiger partial charge in [-0.25, -0.2) is 9.59 Å². The molecule has 0 aliphatic carbocycles. The van der Waals surface area contributed by atoms with Crippen LogP contribution in [0.5, 0.6) is 0 Å². The number of likely N-dealkylation sites (tertiary alicyclic amines) is 1. The predicted molar refractivity (Wildman–Crippen MR) is 178 cm³/mol. The van der Waals surface area contributed by atoms with E-state index in [2.05, 4.69) is 6.07 Å². The minimum atomic E-state index is -4.68. The van der Waals surface area contributed by atoms with E-state index in [9.17, 15) is 41.2 Å². The molecular weight excluding hydrogens is 674 g/mol. The highest BCUT2D eigenvalue weighted by molar-refractivity contribution is 6.03. The molecule has 2 aliphatic heterocycles. The molecule has 0 N–H and O–H groups in total. The zero-order valence-corrected chi connectivity index (χ0v) is 28.4. The highest BCUT2D eigenvalue weighted by atomic mass is 19.4. The summed E-state index contributed by atoms with van der Waals surface area (Å²) in [5.41, 5.74) is -0.0698. The second-order valence-corrected chi connectivity index (χ2v) is 13.0. The molecular formula is C38H39F6N4O3+. The Morgan fingerprint density at radius 2 is 1.55 bits per heavy atom. The van der Waals surface area contributed by atoms with Crippen molar-refractivity contribution in [1.82, 2.24) is 4.90 Å². The Kier molecular flexibility index (Phi) is 11.1. The van der Waals surface area contributed by atoms with Crippen LogP contribution in [0.4, 0.5) is 36.8 Å². The number of carbonyl (C=O) groups is 2. The Bertz CT molecular complexity index is 1810. The number of alkyl halides is 6. The van der Waals surface area contributed by atoms with E-state index in [0.717, 1.165) is 55.1 Å². The van der Waals surface area contributed by atoms with Crippen LogP contribution in [0.25, 0.3) is 0 Å². The molecule has 0 saturated carbocycles. The maximum Gasteiger partial charge on any atom is 0.416 e. The number of hydrogen-bond acceptors (Lipinski definition) is 4. The van der Waals surface area contributed by atoms with Crippen LogP contribution in [0.3, 0.4) is 0 Å². The molecule has 0 bridgehead atoms. The number of nitrogens with zero attached hydrogens (tertiary/aromatic N) is 4. The van der Waals surface area contributed by atoms with Gasteiger partial charge >= 0.3 is 24.4 Å². The number of urea groups is 1. The number of ether oxygens (including phenoxy) is 1. The van der Waals surface area contributed by atoms with Gasteiger partial charge in [-0.05, 0) is 67.8 Å². The monoisotopic (exact) mass is 713 g/mol. The van der Waals surface area contributed by atoms with Crippen molar-refractivity contribution >= 4 is 17.7 Å². The number of benzene rings is 3. The second kappa shape index (κ2) is 15.2. The van der Waals surface area contributed by atoms with E-state index in [1.807, 2.05) is 0 Å². The minimum absolute atomic E-state index is 0.0130. The molecule has 1 atom stereocenters. The number of allylic oxidation sites excluding steroid dienone is 1. The molecule has 7 nitrogen and oxygen atoms in total. The summed E-state index contributed by atoms with van der Waals surface area (Å²) in [5, 5.41) is 9.42. The average Bonchev–Trinajstić information content (AvgIpc) is 3.56. The number of esters is 1. The summed E-state index contributed by atoms with van der Waals surface area (Å²) >= 11 is 0. The molecule has 1 fully saturated rings. The van der Waals surface area contributed by atoms with Crippen molar-refractivity contribution in [2.45, 2.75) is 57.9 Å². The molecule has 0 unspecified atom stereocenters. The van der Waals surface area contributed by atoms with Gasteiger partial charge in [0.1, 0.15) is 0 Å². The molecule has 2 aliphatic rings. The quantitative estimate of drug-likeness (QED) is 0.113. The van der Waals surface area contributed by atoms with E-state index >= 15 is 0 Å². The standard InChI is InChI=1S/C38H39F6N4O3/c1-3-51-35(49)33-26(2)47(32-13-7-12-31(24-32)38(42,43)44)36(50)46(34(33)29-16-14-28(25-45)15-17-29)18-22-48(19-4-5-20-48)21-8-10-27-9-6-11-30(23-27)37(39,40)41/h6-7,9,11-17,23-24,34H,3-5,8,10,18-22H2,1-2H3/q+1/t34-/m1/s1. The lowest BCUT2D eigenvalue weighted by molar-refractivity contribution is -0.916. The summed E-state index contributed by atoms with van der Waals surface area (Å²) in [7, 11) is 0. The van der Waals surface area contributed by atoms with Crippen LogP contribution in [-0.2, 0) is 28.3 Å². The van der Waals surface area contributed by atoms with Crippen LogP contribution in [0, 0.1) is 11.3 Å². The average molecular weight is 714 g/mol. The zero-order chi connectivity index (χ0) is 37.0. The van der Waals surface area contributed by atoms with Gasteiger partial charge in [-0.15, -0.1) is 0 Å². The van der Waals surface area contributed by atoms with E-state index in [-0.39, 0.29) is 30.1 Å². The van der Waals surface area contributed by atoms with E-state index in [4.69, 9.17) is 4.74 Å². The smallest absolute Gasteiger partial charge is 0.416 e. The number of aryl methyl sites for hydroxylation is 1. The number of amides is 2. The normalized spacial score (nSPS) is 17.9. The number of rotatable bonds is 11. The van der Waals surface area contributed by atoms with Gasteiger partial charge in [-0.1, -0.05) is 36.4 Å². The lowest BCUT2D eigenvalue weighted by atomic mass is 9.92. The summed E-state index contributed by atoms with van der Waals surface area (Å²) in [6, 6.07) is 16.5. The summed E-state index contributed by atoms with van der Waals surface area (Å²) in [6.45, 7) is 5.88. The number of quaternary nitrogens is 1. The minimum Gasteiger partial charge on any atom is -0.463 e. The third-order valence-corrected chi connectivity index (χ3v) is 9.71. The van der Waals surface area contributed by atoms with E-state index in [1.165, 1.54) is 30.0 Å². The SMILES string of the molecule is CCOC(=O)C1=C(C)N(c2cccc(C(F)(F)F)c2)C(=O)N(CC[N+]2(CCCc3cccc(C(F)(F)F)c3)CCCC2)[C@@H]1c1ccc(C#N)cc1. The maximum absolute atomic E-state index is 14.6. The van der Waals surface area contributed by atoms with Crippen molar-refractivity contribution in [1.29, 1.82) is 5.26 Å². The Hall–Kier alpha value is -4.83. The first kappa shape index (κ1) is 37.4. The van der Waals surface area contributed by atoms with Crippen LogP contribution in [0.2, 0.25) is 0 Å². The molecule has 5 rings (SSSR count). The first-order valence-corrected chi connectivity index (χ1v) is 16.8. The Morgan fingerprint density at radius 1 is 0.922 bits per heavy atom. The summed E-state index contributed by atoms with van der Waals surface area (Å²) in [4.78, 5) is 30.9. The van der Waals surface area contributed by atoms with Crippen LogP contribution in [0.15, 0.2) is 84.1 Å². The van der Waals surface area contributed by atoms with Gasteiger partial charge in [0.25, 0.3) is 0 Å². The number of halogens is 6. The molecule has 1 saturated heterocycles. The lowest BCUT2D eigenvalue weighted by Gasteiger charge is -2.44. The second-order valence-electron chi connectivity index (χ2n) is 13.0. The fraction of sp³-hybridized carbons (Fsp3) is 0.395. The van der Waals surface area contributed by atoms with Gasteiger partial charge in [0.05, 0.1) is 79.4 Å². The molecule has 3 aromatic carbocycles. The lowest BCUT2D eigenvalue weighted by Crippen LogP contribution is -2.56. The Morgan fingerprint density at radius 3 is 2.16 bits per heavy atom. The number of anilines is 1. The highest BCUT2D eigenvalue weighted by Gasteiger charge is 2.45. The zero-order valence-electron chi connectivity index (χ0n) is 28.4. The van der Waals surface area contributed by atoms with Crippen LogP contribution in [-0.4, -0.2) is 60.7 Å². The van der Waals surface area contributed by atoms with Crippen molar-refractivity contribution in [2.24, 2.45) is 0 Å². The highest BCUT2D eigenvalue weighted by Crippen LogP contribution is 2.41. The van der Waals surface area contributed by atoms with E-state index in [1.54, 1.807) is 37.3 Å². The van der Waals surface area contributed by atoms with Gasteiger partial charge in [0, 0.05) is 25.0 Å². The third kappa shape index (κ3) is 8.39. The van der Waals surface area contributed by atoms with E-state index in [0.29, 0.717) is 47.1 Å². The van der Waals surface area contributed by atoms with Gasteiger partial charge in [0.15, 0.2) is 0 Å². The molecule has 2 amide bonds. The first-order chi connectivity index (χ1) is 24.2. The largest absolute Gasteiger partial charge is 0.463 e. The predicted octanol–water partition coefficient (Wildman–Crippen LogP) is 8.66. The molecule has 0 spiro atoms. The number of hydrogen-bond donors (Lipinski definition) is 0. The van der Waals surface area contributed by atoms with Gasteiger partial charge in [0.2, 0.25) is 0 Å². The Balaban J connectivity index is 1.51. The van der Waals surface area contributed by atoms with Crippen LogP contribution in [0.1, 0.15) is 67.0 Å². The Labute approximate surface area is 292 Å². The van der Waals surface area contributed by atoms with Crippen LogP contribution < -0.4 is 4.90 Å². The van der Waals surface area contributed by atoms with E-state index < -0.39 is 41.5 Å². The summed E-state index contributed by atoms with van der Waals surface area (Å²) in [5.74, 6) is -0.731. The van der Waals surface area contributed by atoms with Crippen molar-refractivity contribution in [2.75, 3.05) is 44.2 Å². The van der Waals surface area contributed by atoms with Gasteiger partial charge in [-0.3, -0.25) is 4.90 Å². The molecule has 0 aromatic heterocycles. The number of nitriles is 1. The van der Waals surface area contributed by atoms with Gasteiger partial charge < -0.3 is 14.1 Å². The first-order valence-electron chi connectivity index (χ1n) is 16.8. The molecule has 2 heterocycles. The summed E-state index contributed by atoms with van der Waals surface area (Å²) < 4.78 is 87.4. The van der Waals surface area contributed by atoms with Crippen LogP contribution >= 0.6 is 0 Å². The molecule has 3 aromatic rings. The number of carbonyl (C=O) groups excluding carboxylic acids is 2. The molecule has 13 heteroatoms. The maximum atomic E-state index is 14.6. The molecule has 270 valence electrons. The molecule has 0 radical (unpaired) electrons. The third-order valence-electron chi connectivity index (χ3n) is 9.71. The van der Waals surface area contributed by atoms with Crippen molar-refractivity contribution in [3.05, 3.63) is 112 Å². The van der Waals surface area contributed by atoms with Crippen molar-refractivity contribution in [3.8, 4) is 6.07 Å². The van der Waals surface area contributed by atoms with Crippen molar-refractivity contribution in [3.63, 3.8) is 0 Å². The van der Waals surface area contributed by atoms with Crippen molar-refractivity contribution < 1.29 is 45.2 Å². The summed E-state index contributed by atoms with van der Waals surface area (Å²) in [6.07, 6.45) is -6.26. The van der Waals surface area contributed by atoms with Gasteiger partial charge in [-0.2, -0.15) is 31.6 Å². The topological polar surface area (TPSA) is 73.6 Å². The fourth-order valence-corrected chi connectivity index (χ4v) is 7.17.